The Hall–Kier alpha value is -0.570. The minimum atomic E-state index is -0.709. The summed E-state index contributed by atoms with van der Waals surface area (Å²) in [5.74, 6) is -0.709. The van der Waals surface area contributed by atoms with Gasteiger partial charge in [-0.05, 0) is 47.2 Å². The molecule has 0 aliphatic carbocycles. The number of carbonyl (C=O) groups is 1. The molecule has 0 saturated carbocycles. The SMILES string of the molecule is CCCC(C)N(C)CCC(C)(C)C(=O)O. The molecule has 1 atom stereocenters. The molecular weight excluding hydrogens is 190 g/mol. The number of carboxylic acid groups (broad SMARTS) is 1. The van der Waals surface area contributed by atoms with E-state index in [9.17, 15) is 4.79 Å². The van der Waals surface area contributed by atoms with Gasteiger partial charge < -0.3 is 10.0 Å². The highest BCUT2D eigenvalue weighted by atomic mass is 16.4. The van der Waals surface area contributed by atoms with Gasteiger partial charge in [0.25, 0.3) is 0 Å². The predicted octanol–water partition coefficient (Wildman–Crippen LogP) is 2.61. The molecule has 0 aliphatic heterocycles. The van der Waals surface area contributed by atoms with Gasteiger partial charge in [0.05, 0.1) is 5.41 Å². The first kappa shape index (κ1) is 14.4. The molecule has 1 unspecified atom stereocenters. The highest BCUT2D eigenvalue weighted by molar-refractivity contribution is 5.73. The molecule has 0 aliphatic rings. The van der Waals surface area contributed by atoms with Gasteiger partial charge in [0.15, 0.2) is 0 Å². The van der Waals surface area contributed by atoms with Gasteiger partial charge in [-0.25, -0.2) is 0 Å². The smallest absolute Gasteiger partial charge is 0.309 e. The van der Waals surface area contributed by atoms with Crippen LogP contribution < -0.4 is 0 Å². The number of carboxylic acids is 1. The highest BCUT2D eigenvalue weighted by Crippen LogP contribution is 2.21. The molecule has 0 fully saturated rings. The number of hydrogen-bond acceptors (Lipinski definition) is 2. The van der Waals surface area contributed by atoms with Crippen molar-refractivity contribution in [2.45, 2.75) is 53.0 Å². The molecule has 0 radical (unpaired) electrons. The lowest BCUT2D eigenvalue weighted by Gasteiger charge is -2.28. The fourth-order valence-electron chi connectivity index (χ4n) is 1.42. The van der Waals surface area contributed by atoms with E-state index < -0.39 is 11.4 Å². The third kappa shape index (κ3) is 5.17. The van der Waals surface area contributed by atoms with Crippen molar-refractivity contribution in [3.05, 3.63) is 0 Å². The summed E-state index contributed by atoms with van der Waals surface area (Å²) in [7, 11) is 2.07. The molecule has 15 heavy (non-hydrogen) atoms. The Morgan fingerprint density at radius 2 is 2.00 bits per heavy atom. The Balaban J connectivity index is 3.99. The molecule has 0 heterocycles. The maximum atomic E-state index is 10.9. The summed E-state index contributed by atoms with van der Waals surface area (Å²) >= 11 is 0. The van der Waals surface area contributed by atoms with Crippen molar-refractivity contribution in [1.82, 2.24) is 4.90 Å². The summed E-state index contributed by atoms with van der Waals surface area (Å²) in [6, 6.07) is 0.541. The van der Waals surface area contributed by atoms with Crippen LogP contribution in [0.25, 0.3) is 0 Å². The van der Waals surface area contributed by atoms with E-state index in [2.05, 4.69) is 25.8 Å². The first-order chi connectivity index (χ1) is 6.81. The summed E-state index contributed by atoms with van der Waals surface area (Å²) in [4.78, 5) is 13.2. The van der Waals surface area contributed by atoms with Gasteiger partial charge in [-0.2, -0.15) is 0 Å². The van der Waals surface area contributed by atoms with E-state index in [1.165, 1.54) is 12.8 Å². The zero-order valence-corrected chi connectivity index (χ0v) is 10.7. The zero-order valence-electron chi connectivity index (χ0n) is 10.7. The van der Waals surface area contributed by atoms with Gasteiger partial charge in [-0.3, -0.25) is 4.79 Å². The fraction of sp³-hybridized carbons (Fsp3) is 0.917. The average Bonchev–Trinajstić information content (AvgIpc) is 2.14. The van der Waals surface area contributed by atoms with Crippen LogP contribution in [0.5, 0.6) is 0 Å². The van der Waals surface area contributed by atoms with Crippen LogP contribution in [0.1, 0.15) is 47.0 Å². The Morgan fingerprint density at radius 1 is 1.47 bits per heavy atom. The van der Waals surface area contributed by atoms with E-state index in [4.69, 9.17) is 5.11 Å². The van der Waals surface area contributed by atoms with E-state index in [1.807, 2.05) is 0 Å². The molecule has 0 spiro atoms. The summed E-state index contributed by atoms with van der Waals surface area (Å²) in [5, 5.41) is 8.98. The van der Waals surface area contributed by atoms with Crippen LogP contribution in [0.2, 0.25) is 0 Å². The second-order valence-corrected chi connectivity index (χ2v) is 5.06. The average molecular weight is 215 g/mol. The molecule has 0 amide bonds. The largest absolute Gasteiger partial charge is 0.481 e. The topological polar surface area (TPSA) is 40.5 Å². The Kier molecular flexibility index (Phi) is 5.88. The van der Waals surface area contributed by atoms with Crippen LogP contribution in [0.15, 0.2) is 0 Å². The van der Waals surface area contributed by atoms with Crippen molar-refractivity contribution in [1.29, 1.82) is 0 Å². The van der Waals surface area contributed by atoms with Gasteiger partial charge in [0.1, 0.15) is 0 Å². The summed E-state index contributed by atoms with van der Waals surface area (Å²) < 4.78 is 0. The van der Waals surface area contributed by atoms with Gasteiger partial charge >= 0.3 is 5.97 Å². The maximum Gasteiger partial charge on any atom is 0.309 e. The third-order valence-corrected chi connectivity index (χ3v) is 3.13. The van der Waals surface area contributed by atoms with Gasteiger partial charge in [0, 0.05) is 6.04 Å². The minimum absolute atomic E-state index is 0.541. The third-order valence-electron chi connectivity index (χ3n) is 3.13. The molecule has 0 bridgehead atoms. The van der Waals surface area contributed by atoms with Gasteiger partial charge in [-0.1, -0.05) is 13.3 Å². The second kappa shape index (κ2) is 6.11. The number of hydrogen-bond donors (Lipinski definition) is 1. The molecule has 0 aromatic rings. The van der Waals surface area contributed by atoms with Crippen LogP contribution in [0.3, 0.4) is 0 Å². The first-order valence-electron chi connectivity index (χ1n) is 5.75. The van der Waals surface area contributed by atoms with Crippen molar-refractivity contribution in [2.75, 3.05) is 13.6 Å². The van der Waals surface area contributed by atoms with Crippen molar-refractivity contribution in [3.8, 4) is 0 Å². The summed E-state index contributed by atoms with van der Waals surface area (Å²) in [5.41, 5.74) is -0.611. The van der Waals surface area contributed by atoms with Crippen molar-refractivity contribution in [2.24, 2.45) is 5.41 Å². The molecule has 0 aromatic carbocycles. The van der Waals surface area contributed by atoms with E-state index in [-0.39, 0.29) is 0 Å². The zero-order chi connectivity index (χ0) is 12.1. The predicted molar refractivity (Wildman–Crippen MR) is 63.0 cm³/mol. The normalized spacial score (nSPS) is 14.3. The van der Waals surface area contributed by atoms with E-state index in [0.717, 1.165) is 6.54 Å². The number of aliphatic carboxylic acids is 1. The molecule has 3 heteroatoms. The molecule has 0 saturated heterocycles. The lowest BCUT2D eigenvalue weighted by Crippen LogP contribution is -2.34. The van der Waals surface area contributed by atoms with Crippen LogP contribution in [0.4, 0.5) is 0 Å². The number of rotatable bonds is 7. The van der Waals surface area contributed by atoms with Crippen LogP contribution in [0, 0.1) is 5.41 Å². The van der Waals surface area contributed by atoms with Gasteiger partial charge in [-0.15, -0.1) is 0 Å². The number of nitrogens with zero attached hydrogens (tertiary/aromatic N) is 1. The molecule has 90 valence electrons. The maximum absolute atomic E-state index is 10.9. The molecule has 3 nitrogen and oxygen atoms in total. The standard InChI is InChI=1S/C12H25NO2/c1-6-7-10(2)13(5)9-8-12(3,4)11(14)15/h10H,6-9H2,1-5H3,(H,14,15). The Bertz CT molecular complexity index is 202. The van der Waals surface area contributed by atoms with Crippen molar-refractivity contribution < 1.29 is 9.90 Å². The first-order valence-corrected chi connectivity index (χ1v) is 5.75. The van der Waals surface area contributed by atoms with E-state index in [0.29, 0.717) is 12.5 Å². The van der Waals surface area contributed by atoms with Crippen molar-refractivity contribution >= 4 is 5.97 Å². The molecule has 1 N–H and O–H groups in total. The van der Waals surface area contributed by atoms with Crippen molar-refractivity contribution in [3.63, 3.8) is 0 Å². The van der Waals surface area contributed by atoms with Crippen LogP contribution >= 0.6 is 0 Å². The minimum Gasteiger partial charge on any atom is -0.481 e. The Morgan fingerprint density at radius 3 is 2.40 bits per heavy atom. The molecular formula is C12H25NO2. The van der Waals surface area contributed by atoms with Crippen LogP contribution in [-0.4, -0.2) is 35.6 Å². The Labute approximate surface area is 93.5 Å². The van der Waals surface area contributed by atoms with E-state index >= 15 is 0 Å². The lowest BCUT2D eigenvalue weighted by molar-refractivity contribution is -0.147. The highest BCUT2D eigenvalue weighted by Gasteiger charge is 2.27. The second-order valence-electron chi connectivity index (χ2n) is 5.06. The summed E-state index contributed by atoms with van der Waals surface area (Å²) in [6.07, 6.45) is 3.05. The fourth-order valence-corrected chi connectivity index (χ4v) is 1.42. The van der Waals surface area contributed by atoms with Crippen LogP contribution in [-0.2, 0) is 4.79 Å². The molecule has 0 rings (SSSR count). The van der Waals surface area contributed by atoms with E-state index in [1.54, 1.807) is 13.8 Å². The van der Waals surface area contributed by atoms with Gasteiger partial charge in [0.2, 0.25) is 0 Å². The quantitative estimate of drug-likeness (QED) is 0.709. The summed E-state index contributed by atoms with van der Waals surface area (Å²) in [6.45, 7) is 8.78. The monoisotopic (exact) mass is 215 g/mol. The molecule has 0 aromatic heterocycles. The lowest BCUT2D eigenvalue weighted by atomic mass is 9.89.